The van der Waals surface area contributed by atoms with E-state index >= 15 is 0 Å². The van der Waals surface area contributed by atoms with Crippen molar-refractivity contribution in [3.8, 4) is 0 Å². The number of hydrogen-bond donors (Lipinski definition) is 3. The van der Waals surface area contributed by atoms with Gasteiger partial charge in [-0.2, -0.15) is 0 Å². The number of aromatic amines is 1. The van der Waals surface area contributed by atoms with Crippen molar-refractivity contribution in [2.75, 3.05) is 19.6 Å². The molecule has 1 amide bonds. The van der Waals surface area contributed by atoms with E-state index in [1.54, 1.807) is 12.5 Å². The van der Waals surface area contributed by atoms with Crippen LogP contribution in [0.15, 0.2) is 12.5 Å². The number of nitrogens with one attached hydrogen (secondary N) is 3. The van der Waals surface area contributed by atoms with E-state index in [0.717, 1.165) is 25.1 Å². The zero-order valence-electron chi connectivity index (χ0n) is 9.05. The fourth-order valence-corrected chi connectivity index (χ4v) is 1.20. The van der Waals surface area contributed by atoms with Gasteiger partial charge < -0.3 is 15.6 Å². The van der Waals surface area contributed by atoms with Crippen LogP contribution in [0.2, 0.25) is 0 Å². The average Bonchev–Trinajstić information content (AvgIpc) is 2.71. The maximum Gasteiger partial charge on any atom is 0.233 e. The Morgan fingerprint density at radius 2 is 2.40 bits per heavy atom. The minimum atomic E-state index is 0.0444. The normalized spacial score (nSPS) is 10.2. The van der Waals surface area contributed by atoms with Crippen LogP contribution >= 0.6 is 0 Å². The average molecular weight is 210 g/mol. The molecule has 0 fully saturated rings. The molecule has 0 spiro atoms. The molecule has 0 atom stereocenters. The number of H-pyrrole nitrogens is 1. The highest BCUT2D eigenvalue weighted by Gasteiger charge is 1.99. The zero-order chi connectivity index (χ0) is 10.9. The maximum absolute atomic E-state index is 11.2. The Bertz CT molecular complexity index is 271. The van der Waals surface area contributed by atoms with Gasteiger partial charge in [0.1, 0.15) is 0 Å². The van der Waals surface area contributed by atoms with Crippen LogP contribution in [0.4, 0.5) is 0 Å². The third-order valence-corrected chi connectivity index (χ3v) is 1.98. The van der Waals surface area contributed by atoms with Crippen LogP contribution in [0.1, 0.15) is 19.0 Å². The summed E-state index contributed by atoms with van der Waals surface area (Å²) in [6, 6.07) is 0. The molecule has 84 valence electrons. The smallest absolute Gasteiger partial charge is 0.233 e. The molecule has 5 heteroatoms. The number of nitrogens with zero attached hydrogens (tertiary/aromatic N) is 1. The van der Waals surface area contributed by atoms with Gasteiger partial charge in [-0.15, -0.1) is 0 Å². The van der Waals surface area contributed by atoms with Crippen molar-refractivity contribution in [3.63, 3.8) is 0 Å². The number of aromatic nitrogens is 2. The first kappa shape index (κ1) is 11.7. The summed E-state index contributed by atoms with van der Waals surface area (Å²) in [5.41, 5.74) is 1.04. The van der Waals surface area contributed by atoms with E-state index in [0.29, 0.717) is 13.1 Å². The highest BCUT2D eigenvalue weighted by Crippen LogP contribution is 1.89. The van der Waals surface area contributed by atoms with Crippen LogP contribution in [0.3, 0.4) is 0 Å². The first-order valence-corrected chi connectivity index (χ1v) is 5.27. The Balaban J connectivity index is 2.02. The Kier molecular flexibility index (Phi) is 5.47. The molecule has 0 aliphatic rings. The van der Waals surface area contributed by atoms with Gasteiger partial charge in [0.25, 0.3) is 0 Å². The van der Waals surface area contributed by atoms with Gasteiger partial charge in [-0.05, 0) is 13.0 Å². The minimum Gasteiger partial charge on any atom is -0.355 e. The van der Waals surface area contributed by atoms with E-state index in [1.807, 2.05) is 0 Å². The van der Waals surface area contributed by atoms with Crippen molar-refractivity contribution in [2.24, 2.45) is 0 Å². The predicted octanol–water partition coefficient (Wildman–Crippen LogP) is 0.0680. The van der Waals surface area contributed by atoms with E-state index in [1.165, 1.54) is 0 Å². The first-order valence-electron chi connectivity index (χ1n) is 5.27. The monoisotopic (exact) mass is 210 g/mol. The highest BCUT2D eigenvalue weighted by atomic mass is 16.1. The maximum atomic E-state index is 11.2. The zero-order valence-corrected chi connectivity index (χ0v) is 9.05. The topological polar surface area (TPSA) is 69.8 Å². The second kappa shape index (κ2) is 7.00. The largest absolute Gasteiger partial charge is 0.355 e. The number of rotatable bonds is 7. The van der Waals surface area contributed by atoms with E-state index in [4.69, 9.17) is 0 Å². The minimum absolute atomic E-state index is 0.0444. The second-order valence-corrected chi connectivity index (χ2v) is 3.35. The Labute approximate surface area is 89.7 Å². The molecule has 0 aromatic carbocycles. The van der Waals surface area contributed by atoms with Crippen LogP contribution in [-0.4, -0.2) is 35.5 Å². The van der Waals surface area contributed by atoms with Crippen molar-refractivity contribution < 1.29 is 4.79 Å². The summed E-state index contributed by atoms with van der Waals surface area (Å²) >= 11 is 0. The van der Waals surface area contributed by atoms with Gasteiger partial charge in [-0.3, -0.25) is 4.79 Å². The SMILES string of the molecule is CCCNCC(=O)NCCc1cnc[nH]1. The summed E-state index contributed by atoms with van der Waals surface area (Å²) in [6.07, 6.45) is 5.24. The Morgan fingerprint density at radius 1 is 1.53 bits per heavy atom. The summed E-state index contributed by atoms with van der Waals surface area (Å²) in [6.45, 7) is 4.00. The third kappa shape index (κ3) is 5.17. The molecule has 5 nitrogen and oxygen atoms in total. The summed E-state index contributed by atoms with van der Waals surface area (Å²) in [7, 11) is 0. The van der Waals surface area contributed by atoms with Crippen molar-refractivity contribution in [1.82, 2.24) is 20.6 Å². The molecule has 1 heterocycles. The van der Waals surface area contributed by atoms with E-state index in [2.05, 4.69) is 27.5 Å². The van der Waals surface area contributed by atoms with E-state index in [9.17, 15) is 4.79 Å². The number of carbonyl (C=O) groups excluding carboxylic acids is 1. The molecule has 15 heavy (non-hydrogen) atoms. The molecule has 0 aliphatic heterocycles. The standard InChI is InChI=1S/C10H18N4O/c1-2-4-11-7-10(15)13-5-3-9-6-12-8-14-9/h6,8,11H,2-5,7H2,1H3,(H,12,14)(H,13,15). The molecule has 0 radical (unpaired) electrons. The van der Waals surface area contributed by atoms with Gasteiger partial charge in [0, 0.05) is 24.9 Å². The Morgan fingerprint density at radius 3 is 3.07 bits per heavy atom. The van der Waals surface area contributed by atoms with Crippen molar-refractivity contribution in [3.05, 3.63) is 18.2 Å². The van der Waals surface area contributed by atoms with Crippen LogP contribution in [0, 0.1) is 0 Å². The van der Waals surface area contributed by atoms with Gasteiger partial charge in [0.2, 0.25) is 5.91 Å². The molecule has 0 saturated heterocycles. The van der Waals surface area contributed by atoms with Gasteiger partial charge in [0.05, 0.1) is 12.9 Å². The summed E-state index contributed by atoms with van der Waals surface area (Å²) < 4.78 is 0. The highest BCUT2D eigenvalue weighted by molar-refractivity contribution is 5.77. The first-order chi connectivity index (χ1) is 7.33. The molecule has 3 N–H and O–H groups in total. The summed E-state index contributed by atoms with van der Waals surface area (Å²) in [5, 5.41) is 5.88. The van der Waals surface area contributed by atoms with Crippen molar-refractivity contribution in [1.29, 1.82) is 0 Å². The number of hydrogen-bond acceptors (Lipinski definition) is 3. The molecular weight excluding hydrogens is 192 g/mol. The number of imidazole rings is 1. The summed E-state index contributed by atoms with van der Waals surface area (Å²) in [4.78, 5) is 18.1. The lowest BCUT2D eigenvalue weighted by atomic mass is 10.3. The lowest BCUT2D eigenvalue weighted by Gasteiger charge is -2.04. The van der Waals surface area contributed by atoms with Crippen LogP contribution < -0.4 is 10.6 Å². The molecule has 0 unspecified atom stereocenters. The quantitative estimate of drug-likeness (QED) is 0.558. The number of amides is 1. The van der Waals surface area contributed by atoms with Gasteiger partial charge in [-0.25, -0.2) is 4.98 Å². The van der Waals surface area contributed by atoms with Crippen molar-refractivity contribution >= 4 is 5.91 Å². The van der Waals surface area contributed by atoms with Crippen LogP contribution in [-0.2, 0) is 11.2 Å². The lowest BCUT2D eigenvalue weighted by Crippen LogP contribution is -2.35. The molecule has 1 aromatic heterocycles. The molecule has 0 aliphatic carbocycles. The fraction of sp³-hybridized carbons (Fsp3) is 0.600. The fourth-order valence-electron chi connectivity index (χ4n) is 1.20. The van der Waals surface area contributed by atoms with Gasteiger partial charge >= 0.3 is 0 Å². The molecule has 1 rings (SSSR count). The van der Waals surface area contributed by atoms with E-state index in [-0.39, 0.29) is 5.91 Å². The third-order valence-electron chi connectivity index (χ3n) is 1.98. The van der Waals surface area contributed by atoms with Gasteiger partial charge in [0.15, 0.2) is 0 Å². The lowest BCUT2D eigenvalue weighted by molar-refractivity contribution is -0.120. The molecule has 0 saturated carbocycles. The Hall–Kier alpha value is -1.36. The number of carbonyl (C=O) groups is 1. The van der Waals surface area contributed by atoms with Gasteiger partial charge in [-0.1, -0.05) is 6.92 Å². The van der Waals surface area contributed by atoms with E-state index < -0.39 is 0 Å². The second-order valence-electron chi connectivity index (χ2n) is 3.35. The predicted molar refractivity (Wildman–Crippen MR) is 58.5 cm³/mol. The van der Waals surface area contributed by atoms with Crippen molar-refractivity contribution in [2.45, 2.75) is 19.8 Å². The summed E-state index contributed by atoms with van der Waals surface area (Å²) in [5.74, 6) is 0.0444. The molecule has 1 aromatic rings. The molecule has 0 bridgehead atoms. The molecular formula is C10H18N4O. The van der Waals surface area contributed by atoms with Crippen LogP contribution in [0.5, 0.6) is 0 Å². The van der Waals surface area contributed by atoms with Crippen LogP contribution in [0.25, 0.3) is 0 Å².